The lowest BCUT2D eigenvalue weighted by molar-refractivity contribution is 0.198. The standard InChI is InChI=1S/C22H23BrFN3O/c1-25-20(21(23)22(28)27(25)17-7-3-2-4-8-17)15-26-13-11-16(12-14-26)18-9-5-6-10-19(18)24/h2-10,16H,11-15H2,1H3. The Morgan fingerprint density at radius 3 is 2.36 bits per heavy atom. The molecule has 28 heavy (non-hydrogen) atoms. The summed E-state index contributed by atoms with van der Waals surface area (Å²) in [5.41, 5.74) is 2.58. The number of nitrogens with zero attached hydrogens (tertiary/aromatic N) is 3. The summed E-state index contributed by atoms with van der Waals surface area (Å²) in [5.74, 6) is 0.157. The van der Waals surface area contributed by atoms with Crippen LogP contribution in [0.5, 0.6) is 0 Å². The van der Waals surface area contributed by atoms with Crippen LogP contribution in [0.1, 0.15) is 30.0 Å². The van der Waals surface area contributed by atoms with E-state index in [4.69, 9.17) is 0 Å². The summed E-state index contributed by atoms with van der Waals surface area (Å²) < 4.78 is 18.3. The average molecular weight is 444 g/mol. The molecular weight excluding hydrogens is 421 g/mol. The number of rotatable bonds is 4. The quantitative estimate of drug-likeness (QED) is 0.595. The summed E-state index contributed by atoms with van der Waals surface area (Å²) >= 11 is 3.50. The van der Waals surface area contributed by atoms with Gasteiger partial charge in [-0.2, -0.15) is 0 Å². The Labute approximate surface area is 172 Å². The maximum absolute atomic E-state index is 14.1. The molecule has 1 aliphatic heterocycles. The molecule has 0 radical (unpaired) electrons. The van der Waals surface area contributed by atoms with Crippen molar-refractivity contribution in [1.29, 1.82) is 0 Å². The normalized spacial score (nSPS) is 15.8. The van der Waals surface area contributed by atoms with Gasteiger partial charge in [0, 0.05) is 13.6 Å². The highest BCUT2D eigenvalue weighted by atomic mass is 79.9. The van der Waals surface area contributed by atoms with E-state index in [2.05, 4.69) is 20.8 Å². The maximum Gasteiger partial charge on any atom is 0.286 e. The second-order valence-electron chi connectivity index (χ2n) is 7.31. The van der Waals surface area contributed by atoms with Crippen LogP contribution in [0.3, 0.4) is 0 Å². The molecule has 0 amide bonds. The monoisotopic (exact) mass is 443 g/mol. The van der Waals surface area contributed by atoms with Crippen LogP contribution in [0.25, 0.3) is 5.69 Å². The third kappa shape index (κ3) is 3.59. The molecule has 1 fully saturated rings. The predicted molar refractivity (Wildman–Crippen MR) is 112 cm³/mol. The second-order valence-corrected chi connectivity index (χ2v) is 8.10. The maximum atomic E-state index is 14.1. The van der Waals surface area contributed by atoms with Gasteiger partial charge >= 0.3 is 0 Å². The van der Waals surface area contributed by atoms with E-state index in [9.17, 15) is 9.18 Å². The van der Waals surface area contributed by atoms with Gasteiger partial charge in [0.25, 0.3) is 5.56 Å². The Morgan fingerprint density at radius 2 is 1.68 bits per heavy atom. The van der Waals surface area contributed by atoms with Crippen LogP contribution in [-0.2, 0) is 13.6 Å². The minimum Gasteiger partial charge on any atom is -0.297 e. The topological polar surface area (TPSA) is 30.2 Å². The van der Waals surface area contributed by atoms with Gasteiger partial charge in [0.2, 0.25) is 0 Å². The van der Waals surface area contributed by atoms with Crippen molar-refractivity contribution in [3.05, 3.63) is 86.5 Å². The van der Waals surface area contributed by atoms with Gasteiger partial charge in [0.15, 0.2) is 0 Å². The van der Waals surface area contributed by atoms with Gasteiger partial charge in [-0.05, 0) is 71.5 Å². The lowest BCUT2D eigenvalue weighted by Gasteiger charge is -2.32. The minimum atomic E-state index is -0.106. The van der Waals surface area contributed by atoms with E-state index in [1.807, 2.05) is 54.2 Å². The molecule has 0 atom stereocenters. The van der Waals surface area contributed by atoms with Crippen molar-refractivity contribution in [2.45, 2.75) is 25.3 Å². The highest BCUT2D eigenvalue weighted by Crippen LogP contribution is 2.30. The molecule has 0 bridgehead atoms. The molecular formula is C22H23BrFN3O. The van der Waals surface area contributed by atoms with Crippen molar-refractivity contribution in [3.8, 4) is 5.69 Å². The van der Waals surface area contributed by atoms with Crippen molar-refractivity contribution >= 4 is 15.9 Å². The van der Waals surface area contributed by atoms with Gasteiger partial charge in [-0.15, -0.1) is 0 Å². The fraction of sp³-hybridized carbons (Fsp3) is 0.318. The molecule has 0 aliphatic carbocycles. The van der Waals surface area contributed by atoms with Gasteiger partial charge in [-0.3, -0.25) is 14.4 Å². The van der Waals surface area contributed by atoms with E-state index in [0.717, 1.165) is 42.9 Å². The number of piperidine rings is 1. The molecule has 1 aliphatic rings. The largest absolute Gasteiger partial charge is 0.297 e. The molecule has 6 heteroatoms. The number of benzene rings is 2. The minimum absolute atomic E-state index is 0.0510. The van der Waals surface area contributed by atoms with Crippen molar-refractivity contribution in [3.63, 3.8) is 0 Å². The van der Waals surface area contributed by atoms with Gasteiger partial charge < -0.3 is 0 Å². The summed E-state index contributed by atoms with van der Waals surface area (Å²) in [6.45, 7) is 2.46. The van der Waals surface area contributed by atoms with Crippen LogP contribution in [-0.4, -0.2) is 27.4 Å². The number of halogens is 2. The Bertz CT molecular complexity index is 1020. The molecule has 1 saturated heterocycles. The van der Waals surface area contributed by atoms with Gasteiger partial charge in [-0.1, -0.05) is 36.4 Å². The Kier molecular flexibility index (Phi) is 5.51. The summed E-state index contributed by atoms with van der Waals surface area (Å²) in [4.78, 5) is 15.1. The summed E-state index contributed by atoms with van der Waals surface area (Å²) in [6.07, 6.45) is 1.85. The lowest BCUT2D eigenvalue weighted by atomic mass is 9.89. The first-order chi connectivity index (χ1) is 13.6. The van der Waals surface area contributed by atoms with Crippen molar-refractivity contribution < 1.29 is 4.39 Å². The van der Waals surface area contributed by atoms with Crippen molar-refractivity contribution in [2.75, 3.05) is 13.1 Å². The number of likely N-dealkylation sites (tertiary alicyclic amines) is 1. The average Bonchev–Trinajstić information content (AvgIpc) is 2.93. The number of para-hydroxylation sites is 1. The summed E-state index contributed by atoms with van der Waals surface area (Å²) in [6, 6.07) is 16.7. The van der Waals surface area contributed by atoms with Crippen molar-refractivity contribution in [1.82, 2.24) is 14.3 Å². The third-order valence-corrected chi connectivity index (χ3v) is 6.43. The van der Waals surface area contributed by atoms with E-state index in [1.54, 1.807) is 16.8 Å². The molecule has 4 nitrogen and oxygen atoms in total. The molecule has 0 N–H and O–H groups in total. The highest BCUT2D eigenvalue weighted by Gasteiger charge is 2.25. The first kappa shape index (κ1) is 19.2. The van der Waals surface area contributed by atoms with Gasteiger partial charge in [0.05, 0.1) is 11.4 Å². The summed E-state index contributed by atoms with van der Waals surface area (Å²) in [7, 11) is 1.92. The molecule has 0 saturated carbocycles. The smallest absolute Gasteiger partial charge is 0.286 e. The van der Waals surface area contributed by atoms with Crippen LogP contribution in [0.4, 0.5) is 4.39 Å². The second kappa shape index (κ2) is 8.05. The van der Waals surface area contributed by atoms with Crippen molar-refractivity contribution in [2.24, 2.45) is 7.05 Å². The van der Waals surface area contributed by atoms with E-state index in [0.29, 0.717) is 11.0 Å². The SMILES string of the molecule is Cn1c(CN2CCC(c3ccccc3F)CC2)c(Br)c(=O)n1-c1ccccc1. The molecule has 2 heterocycles. The van der Waals surface area contributed by atoms with Gasteiger partial charge in [-0.25, -0.2) is 9.07 Å². The van der Waals surface area contributed by atoms with Crippen LogP contribution in [0, 0.1) is 5.82 Å². The molecule has 4 rings (SSSR count). The Morgan fingerprint density at radius 1 is 1.04 bits per heavy atom. The number of hydrogen-bond donors (Lipinski definition) is 0. The van der Waals surface area contributed by atoms with Crippen LogP contribution < -0.4 is 5.56 Å². The first-order valence-electron chi connectivity index (χ1n) is 9.55. The fourth-order valence-corrected chi connectivity index (χ4v) is 4.62. The zero-order valence-corrected chi connectivity index (χ0v) is 17.4. The van der Waals surface area contributed by atoms with Crippen LogP contribution >= 0.6 is 15.9 Å². The van der Waals surface area contributed by atoms with E-state index >= 15 is 0 Å². The highest BCUT2D eigenvalue weighted by molar-refractivity contribution is 9.10. The third-order valence-electron chi connectivity index (χ3n) is 5.63. The first-order valence-corrected chi connectivity index (χ1v) is 10.3. The number of hydrogen-bond acceptors (Lipinski definition) is 2. The summed E-state index contributed by atoms with van der Waals surface area (Å²) in [5, 5.41) is 0. The molecule has 146 valence electrons. The molecule has 1 aromatic heterocycles. The molecule has 0 spiro atoms. The Hall–Kier alpha value is -2.18. The molecule has 2 aromatic carbocycles. The van der Waals surface area contributed by atoms with E-state index in [1.165, 1.54) is 0 Å². The Balaban J connectivity index is 1.51. The molecule has 3 aromatic rings. The van der Waals surface area contributed by atoms with E-state index < -0.39 is 0 Å². The van der Waals surface area contributed by atoms with E-state index in [-0.39, 0.29) is 17.3 Å². The lowest BCUT2D eigenvalue weighted by Crippen LogP contribution is -2.33. The number of aromatic nitrogens is 2. The zero-order chi connectivity index (χ0) is 19.7. The van der Waals surface area contributed by atoms with Crippen LogP contribution in [0.15, 0.2) is 63.9 Å². The van der Waals surface area contributed by atoms with Crippen LogP contribution in [0.2, 0.25) is 0 Å². The molecule has 0 unspecified atom stereocenters. The zero-order valence-electron chi connectivity index (χ0n) is 15.8. The fourth-order valence-electron chi connectivity index (χ4n) is 4.07. The predicted octanol–water partition coefficient (Wildman–Crippen LogP) is 4.46. The van der Waals surface area contributed by atoms with Gasteiger partial charge in [0.1, 0.15) is 10.3 Å².